The molecule has 0 spiro atoms. The molecular weight excluding hydrogens is 488 g/mol. The molecule has 2 N–H and O–H groups in total. The molecule has 11 heteroatoms. The van der Waals surface area contributed by atoms with Gasteiger partial charge in [-0.05, 0) is 48.7 Å². The van der Waals surface area contributed by atoms with Crippen LogP contribution in [0.5, 0.6) is 11.5 Å². The molecule has 0 aromatic heterocycles. The predicted molar refractivity (Wildman–Crippen MR) is 132 cm³/mol. The van der Waals surface area contributed by atoms with E-state index in [0.717, 1.165) is 6.42 Å². The van der Waals surface area contributed by atoms with E-state index >= 15 is 0 Å². The minimum atomic E-state index is -4.10. The topological polar surface area (TPSA) is 137 Å². The fourth-order valence-electron chi connectivity index (χ4n) is 3.38. The molecule has 36 heavy (non-hydrogen) atoms. The summed E-state index contributed by atoms with van der Waals surface area (Å²) >= 11 is 0. The Morgan fingerprint density at radius 3 is 2.31 bits per heavy atom. The fraction of sp³-hybridized carbons (Fsp3) is 0.400. The van der Waals surface area contributed by atoms with Crippen molar-refractivity contribution in [3.05, 3.63) is 48.0 Å². The first-order valence-corrected chi connectivity index (χ1v) is 13.1. The Labute approximate surface area is 210 Å². The van der Waals surface area contributed by atoms with Gasteiger partial charge in [-0.3, -0.25) is 14.4 Å². The maximum Gasteiger partial charge on any atom is 0.324 e. The number of benzene rings is 2. The van der Waals surface area contributed by atoms with Crippen LogP contribution in [0.3, 0.4) is 0 Å². The second-order valence-corrected chi connectivity index (χ2v) is 10.3. The summed E-state index contributed by atoms with van der Waals surface area (Å²) in [6.45, 7) is 5.33. The fourth-order valence-corrected chi connectivity index (χ4v) is 4.73. The Hall–Kier alpha value is -3.44. The van der Waals surface area contributed by atoms with Gasteiger partial charge in [0.25, 0.3) is 0 Å². The number of Topliss-reactive ketones (excluding diaryl/α,β-unsaturated/α-hetero) is 1. The lowest BCUT2D eigenvalue weighted by Crippen LogP contribution is -2.45. The highest BCUT2D eigenvalue weighted by Crippen LogP contribution is 2.32. The molecule has 1 aliphatic heterocycles. The van der Waals surface area contributed by atoms with Crippen molar-refractivity contribution in [3.8, 4) is 11.5 Å². The molecule has 3 rings (SSSR count). The number of carbonyl (C=O) groups is 3. The van der Waals surface area contributed by atoms with Crippen molar-refractivity contribution in [3.63, 3.8) is 0 Å². The molecule has 1 amide bonds. The van der Waals surface area contributed by atoms with Crippen LogP contribution < -0.4 is 19.5 Å². The van der Waals surface area contributed by atoms with Crippen LogP contribution in [-0.2, 0) is 24.3 Å². The van der Waals surface area contributed by atoms with Crippen molar-refractivity contribution < 1.29 is 37.0 Å². The standard InChI is InChI=1S/C25H30N2O8S/c1-4-5-23(29)26-18-8-6-17(7-9-18)20(28)15-35-25(30)24(16(2)3)27-36(31,32)19-10-11-21-22(14-19)34-13-12-33-21/h6-11,14,16,24,27H,4-5,12-13,15H2,1-3H3,(H,26,29)/t24-/m0/s1. The molecule has 0 fully saturated rings. The van der Waals surface area contributed by atoms with Crippen molar-refractivity contribution in [2.45, 2.75) is 44.6 Å². The van der Waals surface area contributed by atoms with Crippen molar-refractivity contribution in [1.82, 2.24) is 4.72 Å². The minimum absolute atomic E-state index is 0.0904. The van der Waals surface area contributed by atoms with Crippen LogP contribution in [-0.4, -0.2) is 51.9 Å². The van der Waals surface area contributed by atoms with Crippen LogP contribution in [0.4, 0.5) is 5.69 Å². The lowest BCUT2D eigenvalue weighted by Gasteiger charge is -2.22. The third-order valence-electron chi connectivity index (χ3n) is 5.34. The molecule has 0 unspecified atom stereocenters. The normalized spacial score (nSPS) is 13.7. The van der Waals surface area contributed by atoms with E-state index in [-0.39, 0.29) is 16.4 Å². The number of sulfonamides is 1. The summed E-state index contributed by atoms with van der Waals surface area (Å²) in [4.78, 5) is 36.8. The number of ether oxygens (including phenoxy) is 3. The first kappa shape index (κ1) is 27.2. The van der Waals surface area contributed by atoms with E-state index in [1.165, 1.54) is 30.3 Å². The summed E-state index contributed by atoms with van der Waals surface area (Å²) in [6.07, 6.45) is 1.12. The molecule has 0 saturated carbocycles. The van der Waals surface area contributed by atoms with Gasteiger partial charge >= 0.3 is 5.97 Å². The van der Waals surface area contributed by atoms with Crippen LogP contribution in [0.1, 0.15) is 44.0 Å². The maximum absolute atomic E-state index is 12.9. The van der Waals surface area contributed by atoms with Gasteiger partial charge in [0, 0.05) is 23.7 Å². The van der Waals surface area contributed by atoms with E-state index in [1.807, 2.05) is 6.92 Å². The number of amides is 1. The number of fused-ring (bicyclic) bond motifs is 1. The molecule has 1 atom stereocenters. The summed E-state index contributed by atoms with van der Waals surface area (Å²) in [5.41, 5.74) is 0.838. The summed E-state index contributed by atoms with van der Waals surface area (Å²) in [5.74, 6) is -1.17. The zero-order chi connectivity index (χ0) is 26.3. The number of anilines is 1. The molecule has 1 aliphatic rings. The van der Waals surface area contributed by atoms with Crippen LogP contribution in [0, 0.1) is 5.92 Å². The molecular formula is C25H30N2O8S. The highest BCUT2D eigenvalue weighted by molar-refractivity contribution is 7.89. The summed E-state index contributed by atoms with van der Waals surface area (Å²) in [7, 11) is -4.10. The average molecular weight is 519 g/mol. The second-order valence-electron chi connectivity index (χ2n) is 8.55. The Morgan fingerprint density at radius 2 is 1.67 bits per heavy atom. The van der Waals surface area contributed by atoms with Gasteiger partial charge in [-0.2, -0.15) is 4.72 Å². The van der Waals surface area contributed by atoms with Gasteiger partial charge in [-0.15, -0.1) is 0 Å². The van der Waals surface area contributed by atoms with Crippen molar-refractivity contribution >= 4 is 33.4 Å². The number of hydrogen-bond donors (Lipinski definition) is 2. The quantitative estimate of drug-likeness (QED) is 0.342. The number of carbonyl (C=O) groups excluding carboxylic acids is 3. The van der Waals surface area contributed by atoms with Gasteiger partial charge in [-0.25, -0.2) is 8.42 Å². The molecule has 194 valence electrons. The third kappa shape index (κ3) is 7.05. The predicted octanol–water partition coefficient (Wildman–Crippen LogP) is 2.93. The van der Waals surface area contributed by atoms with Gasteiger partial charge in [0.05, 0.1) is 4.90 Å². The molecule has 2 aromatic carbocycles. The molecule has 0 radical (unpaired) electrons. The van der Waals surface area contributed by atoms with Crippen LogP contribution in [0.2, 0.25) is 0 Å². The van der Waals surface area contributed by atoms with Crippen LogP contribution in [0.15, 0.2) is 47.4 Å². The number of nitrogens with one attached hydrogen (secondary N) is 2. The van der Waals surface area contributed by atoms with E-state index in [9.17, 15) is 22.8 Å². The van der Waals surface area contributed by atoms with E-state index in [1.54, 1.807) is 26.0 Å². The zero-order valence-corrected chi connectivity index (χ0v) is 21.2. The van der Waals surface area contributed by atoms with Gasteiger partial charge in [0.2, 0.25) is 15.9 Å². The number of hydrogen-bond acceptors (Lipinski definition) is 8. The summed E-state index contributed by atoms with van der Waals surface area (Å²) in [5, 5.41) is 2.72. The van der Waals surface area contributed by atoms with E-state index in [4.69, 9.17) is 14.2 Å². The Bertz CT molecular complexity index is 1210. The molecule has 0 aliphatic carbocycles. The molecule has 0 bridgehead atoms. The lowest BCUT2D eigenvalue weighted by atomic mass is 10.1. The summed E-state index contributed by atoms with van der Waals surface area (Å²) in [6, 6.07) is 9.16. The number of ketones is 1. The van der Waals surface area contributed by atoms with Crippen LogP contribution in [0.25, 0.3) is 0 Å². The van der Waals surface area contributed by atoms with Crippen LogP contribution >= 0.6 is 0 Å². The molecule has 1 heterocycles. The Balaban J connectivity index is 1.61. The maximum atomic E-state index is 12.9. The zero-order valence-electron chi connectivity index (χ0n) is 20.4. The van der Waals surface area contributed by atoms with Gasteiger partial charge in [-0.1, -0.05) is 20.8 Å². The van der Waals surface area contributed by atoms with Gasteiger partial charge in [0.15, 0.2) is 23.9 Å². The van der Waals surface area contributed by atoms with Crippen molar-refractivity contribution in [2.75, 3.05) is 25.1 Å². The van der Waals surface area contributed by atoms with Gasteiger partial charge < -0.3 is 19.5 Å². The first-order chi connectivity index (χ1) is 17.1. The Morgan fingerprint density at radius 1 is 1.00 bits per heavy atom. The lowest BCUT2D eigenvalue weighted by molar-refractivity contribution is -0.145. The largest absolute Gasteiger partial charge is 0.486 e. The highest BCUT2D eigenvalue weighted by atomic mass is 32.2. The number of rotatable bonds is 11. The monoisotopic (exact) mass is 518 g/mol. The molecule has 10 nitrogen and oxygen atoms in total. The van der Waals surface area contributed by atoms with Gasteiger partial charge in [0.1, 0.15) is 19.3 Å². The van der Waals surface area contributed by atoms with Crippen molar-refractivity contribution in [2.24, 2.45) is 5.92 Å². The third-order valence-corrected chi connectivity index (χ3v) is 6.78. The average Bonchev–Trinajstić information content (AvgIpc) is 2.85. The second kappa shape index (κ2) is 12.0. The SMILES string of the molecule is CCCC(=O)Nc1ccc(C(=O)COC(=O)[C@@H](NS(=O)(=O)c2ccc3c(c2)OCCO3)C(C)C)cc1. The first-order valence-electron chi connectivity index (χ1n) is 11.6. The molecule has 2 aromatic rings. The minimum Gasteiger partial charge on any atom is -0.486 e. The van der Waals surface area contributed by atoms with E-state index in [0.29, 0.717) is 36.8 Å². The Kier molecular flexibility index (Phi) is 9.05. The van der Waals surface area contributed by atoms with Crippen molar-refractivity contribution in [1.29, 1.82) is 0 Å². The number of esters is 1. The summed E-state index contributed by atoms with van der Waals surface area (Å²) < 4.78 is 44.2. The van der Waals surface area contributed by atoms with E-state index < -0.39 is 40.3 Å². The smallest absolute Gasteiger partial charge is 0.324 e. The molecule has 0 saturated heterocycles. The highest BCUT2D eigenvalue weighted by Gasteiger charge is 2.31. The van der Waals surface area contributed by atoms with E-state index in [2.05, 4.69) is 10.0 Å².